The third-order valence-corrected chi connectivity index (χ3v) is 2.38. The van der Waals surface area contributed by atoms with Gasteiger partial charge in [0.05, 0.1) is 5.69 Å². The van der Waals surface area contributed by atoms with Gasteiger partial charge in [-0.15, -0.1) is 0 Å². The minimum atomic E-state index is -0.171. The molecule has 0 saturated carbocycles. The number of amides is 1. The highest BCUT2D eigenvalue weighted by Crippen LogP contribution is 2.20. The van der Waals surface area contributed by atoms with Crippen LogP contribution in [0.15, 0.2) is 48.7 Å². The van der Waals surface area contributed by atoms with Gasteiger partial charge in [0.15, 0.2) is 0 Å². The molecule has 1 aromatic carbocycles. The van der Waals surface area contributed by atoms with Crippen LogP contribution < -0.4 is 5.32 Å². The van der Waals surface area contributed by atoms with Crippen LogP contribution in [0, 0.1) is 0 Å². The molecule has 1 heterocycles. The lowest BCUT2D eigenvalue weighted by atomic mass is 10.1. The predicted molar refractivity (Wildman–Crippen MR) is 70.2 cm³/mol. The fourth-order valence-electron chi connectivity index (χ4n) is 1.62. The number of nitrogens with zero attached hydrogens (tertiary/aromatic N) is 1. The van der Waals surface area contributed by atoms with E-state index in [4.69, 9.17) is 4.74 Å². The van der Waals surface area contributed by atoms with Crippen LogP contribution in [0.4, 0.5) is 5.69 Å². The van der Waals surface area contributed by atoms with Gasteiger partial charge in [-0.1, -0.05) is 18.2 Å². The van der Waals surface area contributed by atoms with Gasteiger partial charge in [-0.25, -0.2) is 0 Å². The number of carbonyl (C=O) groups is 1. The zero-order valence-electron chi connectivity index (χ0n) is 10.1. The third kappa shape index (κ3) is 3.15. The number of ether oxygens (including phenoxy) is 1. The molecule has 0 saturated heterocycles. The molecule has 0 bridgehead atoms. The van der Waals surface area contributed by atoms with E-state index in [1.807, 2.05) is 42.5 Å². The van der Waals surface area contributed by atoms with E-state index in [0.29, 0.717) is 0 Å². The van der Waals surface area contributed by atoms with Crippen molar-refractivity contribution < 1.29 is 9.53 Å². The second-order valence-electron chi connectivity index (χ2n) is 3.78. The Bertz CT molecular complexity index is 526. The van der Waals surface area contributed by atoms with Gasteiger partial charge in [0, 0.05) is 24.6 Å². The van der Waals surface area contributed by atoms with Crippen molar-refractivity contribution in [3.05, 3.63) is 48.7 Å². The molecule has 0 atom stereocenters. The second kappa shape index (κ2) is 5.93. The molecule has 4 heteroatoms. The number of methoxy groups -OCH3 is 1. The first kappa shape index (κ1) is 12.3. The van der Waals surface area contributed by atoms with Crippen molar-refractivity contribution in [3.8, 4) is 11.3 Å². The summed E-state index contributed by atoms with van der Waals surface area (Å²) < 4.78 is 4.77. The Labute approximate surface area is 106 Å². The lowest BCUT2D eigenvalue weighted by Gasteiger charge is -2.06. The number of nitrogens with one attached hydrogen (secondary N) is 1. The summed E-state index contributed by atoms with van der Waals surface area (Å²) in [5.74, 6) is -0.171. The monoisotopic (exact) mass is 242 g/mol. The zero-order valence-corrected chi connectivity index (χ0v) is 10.1. The summed E-state index contributed by atoms with van der Waals surface area (Å²) in [5, 5.41) is 2.76. The molecule has 0 spiro atoms. The van der Waals surface area contributed by atoms with Gasteiger partial charge in [0.1, 0.15) is 6.61 Å². The first-order valence-corrected chi connectivity index (χ1v) is 5.60. The number of aromatic nitrogens is 1. The molecular formula is C14H14N2O2. The van der Waals surface area contributed by atoms with E-state index in [1.165, 1.54) is 7.11 Å². The summed E-state index contributed by atoms with van der Waals surface area (Å²) >= 11 is 0. The van der Waals surface area contributed by atoms with Gasteiger partial charge >= 0.3 is 0 Å². The number of carbonyl (C=O) groups excluding carboxylic acids is 1. The normalized spacial score (nSPS) is 10.1. The smallest absolute Gasteiger partial charge is 0.250 e. The van der Waals surface area contributed by atoms with Crippen LogP contribution in [-0.4, -0.2) is 24.6 Å². The van der Waals surface area contributed by atoms with Crippen LogP contribution in [0.2, 0.25) is 0 Å². The fraction of sp³-hybridized carbons (Fsp3) is 0.143. The Hall–Kier alpha value is -2.20. The number of hydrogen-bond acceptors (Lipinski definition) is 3. The van der Waals surface area contributed by atoms with E-state index in [-0.39, 0.29) is 12.5 Å². The summed E-state index contributed by atoms with van der Waals surface area (Å²) in [6.45, 7) is 0.0494. The summed E-state index contributed by atoms with van der Waals surface area (Å²) in [6.07, 6.45) is 1.74. The van der Waals surface area contributed by atoms with E-state index in [0.717, 1.165) is 16.9 Å². The van der Waals surface area contributed by atoms with E-state index < -0.39 is 0 Å². The molecule has 0 aliphatic heterocycles. The Morgan fingerprint density at radius 3 is 2.89 bits per heavy atom. The van der Waals surface area contributed by atoms with Crippen molar-refractivity contribution in [2.24, 2.45) is 0 Å². The summed E-state index contributed by atoms with van der Waals surface area (Å²) in [6, 6.07) is 13.3. The Balaban J connectivity index is 2.18. The number of pyridine rings is 1. The van der Waals surface area contributed by atoms with Gasteiger partial charge in [0.2, 0.25) is 5.91 Å². The van der Waals surface area contributed by atoms with Crippen LogP contribution in [0.25, 0.3) is 11.3 Å². The van der Waals surface area contributed by atoms with Gasteiger partial charge in [0.25, 0.3) is 0 Å². The largest absolute Gasteiger partial charge is 0.375 e. The van der Waals surface area contributed by atoms with Crippen molar-refractivity contribution in [1.29, 1.82) is 0 Å². The highest BCUT2D eigenvalue weighted by atomic mass is 16.5. The van der Waals surface area contributed by atoms with E-state index in [9.17, 15) is 4.79 Å². The number of hydrogen-bond donors (Lipinski definition) is 1. The molecule has 0 fully saturated rings. The van der Waals surface area contributed by atoms with Crippen LogP contribution in [0.3, 0.4) is 0 Å². The molecule has 0 unspecified atom stereocenters. The van der Waals surface area contributed by atoms with Crippen molar-refractivity contribution >= 4 is 11.6 Å². The van der Waals surface area contributed by atoms with Gasteiger partial charge in [-0.2, -0.15) is 0 Å². The predicted octanol–water partition coefficient (Wildman–Crippen LogP) is 2.33. The average molecular weight is 242 g/mol. The maximum absolute atomic E-state index is 11.4. The van der Waals surface area contributed by atoms with Crippen LogP contribution in [0.5, 0.6) is 0 Å². The Morgan fingerprint density at radius 1 is 1.28 bits per heavy atom. The molecule has 18 heavy (non-hydrogen) atoms. The first-order valence-electron chi connectivity index (χ1n) is 5.60. The maximum atomic E-state index is 11.4. The average Bonchev–Trinajstić information content (AvgIpc) is 2.40. The maximum Gasteiger partial charge on any atom is 0.250 e. The molecule has 1 aromatic heterocycles. The molecule has 92 valence electrons. The van der Waals surface area contributed by atoms with Crippen molar-refractivity contribution in [1.82, 2.24) is 4.98 Å². The second-order valence-corrected chi connectivity index (χ2v) is 3.78. The molecule has 2 aromatic rings. The molecule has 4 nitrogen and oxygen atoms in total. The highest BCUT2D eigenvalue weighted by molar-refractivity contribution is 5.92. The molecular weight excluding hydrogens is 228 g/mol. The molecule has 0 aliphatic carbocycles. The summed E-state index contributed by atoms with van der Waals surface area (Å²) in [7, 11) is 1.49. The first-order chi connectivity index (χ1) is 8.79. The summed E-state index contributed by atoms with van der Waals surface area (Å²) in [4.78, 5) is 15.7. The lowest BCUT2D eigenvalue weighted by Crippen LogP contribution is -2.16. The zero-order chi connectivity index (χ0) is 12.8. The standard InChI is InChI=1S/C14H14N2O2/c1-18-10-14(17)16-12-6-4-5-11(9-12)13-7-2-3-8-15-13/h2-9H,10H2,1H3,(H,16,17). The van der Waals surface area contributed by atoms with Crippen LogP contribution in [-0.2, 0) is 9.53 Å². The van der Waals surface area contributed by atoms with Gasteiger partial charge in [-0.05, 0) is 24.3 Å². The SMILES string of the molecule is COCC(=O)Nc1cccc(-c2ccccn2)c1. The van der Waals surface area contributed by atoms with Crippen LogP contribution in [0.1, 0.15) is 0 Å². The fourth-order valence-corrected chi connectivity index (χ4v) is 1.62. The number of anilines is 1. The number of benzene rings is 1. The minimum Gasteiger partial charge on any atom is -0.375 e. The minimum absolute atomic E-state index is 0.0494. The van der Waals surface area contributed by atoms with Crippen molar-refractivity contribution in [3.63, 3.8) is 0 Å². The van der Waals surface area contributed by atoms with E-state index in [2.05, 4.69) is 10.3 Å². The van der Waals surface area contributed by atoms with E-state index >= 15 is 0 Å². The highest BCUT2D eigenvalue weighted by Gasteiger charge is 2.03. The van der Waals surface area contributed by atoms with Crippen molar-refractivity contribution in [2.45, 2.75) is 0 Å². The molecule has 2 rings (SSSR count). The summed E-state index contributed by atoms with van der Waals surface area (Å²) in [5.41, 5.74) is 2.58. The van der Waals surface area contributed by atoms with Gasteiger partial charge < -0.3 is 10.1 Å². The topological polar surface area (TPSA) is 51.2 Å². The van der Waals surface area contributed by atoms with Gasteiger partial charge in [-0.3, -0.25) is 9.78 Å². The van der Waals surface area contributed by atoms with Crippen LogP contribution >= 0.6 is 0 Å². The third-order valence-electron chi connectivity index (χ3n) is 2.38. The quantitative estimate of drug-likeness (QED) is 0.895. The lowest BCUT2D eigenvalue weighted by molar-refractivity contribution is -0.119. The molecule has 1 amide bonds. The van der Waals surface area contributed by atoms with Crippen molar-refractivity contribution in [2.75, 3.05) is 19.0 Å². The molecule has 0 radical (unpaired) electrons. The Kier molecular flexibility index (Phi) is 4.04. The molecule has 1 N–H and O–H groups in total. The van der Waals surface area contributed by atoms with E-state index in [1.54, 1.807) is 6.20 Å². The number of rotatable bonds is 4. The Morgan fingerprint density at radius 2 is 2.17 bits per heavy atom. The molecule has 0 aliphatic rings.